The Morgan fingerprint density at radius 3 is 3.20 bits per heavy atom. The maximum atomic E-state index is 12.0. The Morgan fingerprint density at radius 1 is 1.80 bits per heavy atom. The molecule has 6 nitrogen and oxygen atoms in total. The van der Waals surface area contributed by atoms with E-state index in [2.05, 4.69) is 10.2 Å². The molecular weight excluding hydrogens is 196 g/mol. The van der Waals surface area contributed by atoms with E-state index in [9.17, 15) is 4.79 Å². The summed E-state index contributed by atoms with van der Waals surface area (Å²) in [6.07, 6.45) is 1.44. The van der Waals surface area contributed by atoms with Crippen molar-refractivity contribution in [3.63, 3.8) is 0 Å². The molecule has 1 aliphatic heterocycles. The van der Waals surface area contributed by atoms with Crippen LogP contribution in [0.1, 0.15) is 17.4 Å². The zero-order valence-electron chi connectivity index (χ0n) is 8.56. The summed E-state index contributed by atoms with van der Waals surface area (Å²) < 4.78 is 5.26. The number of H-pyrrole nitrogens is 1. The highest BCUT2D eigenvalue weighted by atomic mass is 16.5. The van der Waals surface area contributed by atoms with Crippen molar-refractivity contribution in [2.75, 3.05) is 25.5 Å². The molecule has 1 saturated heterocycles. The van der Waals surface area contributed by atoms with Gasteiger partial charge in [-0.25, -0.2) is 0 Å². The summed E-state index contributed by atoms with van der Waals surface area (Å²) >= 11 is 0. The Bertz CT molecular complexity index is 363. The number of anilines is 1. The van der Waals surface area contributed by atoms with Crippen LogP contribution in [-0.2, 0) is 4.74 Å². The number of carbonyl (C=O) groups is 1. The average Bonchev–Trinajstić information content (AvgIpc) is 2.64. The first-order valence-corrected chi connectivity index (χ1v) is 4.87. The van der Waals surface area contributed by atoms with Crippen LogP contribution in [0.4, 0.5) is 5.69 Å². The second kappa shape index (κ2) is 3.90. The Morgan fingerprint density at radius 2 is 2.60 bits per heavy atom. The molecule has 1 amide bonds. The van der Waals surface area contributed by atoms with E-state index in [1.165, 1.54) is 6.20 Å². The Labute approximate surface area is 87.4 Å². The lowest BCUT2D eigenvalue weighted by Gasteiger charge is -2.32. The SMILES string of the molecule is C[C@@H]1COCCN1C(=O)c1[nH]ncc1N. The van der Waals surface area contributed by atoms with Gasteiger partial charge in [0, 0.05) is 6.54 Å². The van der Waals surface area contributed by atoms with Crippen molar-refractivity contribution >= 4 is 11.6 Å². The van der Waals surface area contributed by atoms with Gasteiger partial charge >= 0.3 is 0 Å². The van der Waals surface area contributed by atoms with Crippen LogP contribution in [0, 0.1) is 0 Å². The molecule has 1 aromatic heterocycles. The first-order valence-electron chi connectivity index (χ1n) is 4.87. The van der Waals surface area contributed by atoms with Crippen LogP contribution < -0.4 is 5.73 Å². The molecular formula is C9H14N4O2. The molecule has 6 heteroatoms. The van der Waals surface area contributed by atoms with Crippen LogP contribution in [0.15, 0.2) is 6.20 Å². The second-order valence-electron chi connectivity index (χ2n) is 3.62. The number of nitrogens with two attached hydrogens (primary N) is 1. The lowest BCUT2D eigenvalue weighted by Crippen LogP contribution is -2.47. The van der Waals surface area contributed by atoms with E-state index in [0.717, 1.165) is 0 Å². The van der Waals surface area contributed by atoms with Gasteiger partial charge in [0.1, 0.15) is 5.69 Å². The van der Waals surface area contributed by atoms with E-state index < -0.39 is 0 Å². The number of aromatic amines is 1. The summed E-state index contributed by atoms with van der Waals surface area (Å²) in [6, 6.07) is 0.0777. The molecule has 0 unspecified atom stereocenters. The number of morpholine rings is 1. The highest BCUT2D eigenvalue weighted by molar-refractivity contribution is 5.97. The normalized spacial score (nSPS) is 21.7. The Hall–Kier alpha value is -1.56. The fraction of sp³-hybridized carbons (Fsp3) is 0.556. The summed E-state index contributed by atoms with van der Waals surface area (Å²) in [7, 11) is 0. The molecule has 0 radical (unpaired) electrons. The van der Waals surface area contributed by atoms with Gasteiger partial charge < -0.3 is 15.4 Å². The number of nitrogens with zero attached hydrogens (tertiary/aromatic N) is 2. The predicted molar refractivity (Wildman–Crippen MR) is 54.3 cm³/mol. The molecule has 1 atom stereocenters. The zero-order chi connectivity index (χ0) is 10.8. The molecule has 0 saturated carbocycles. The largest absolute Gasteiger partial charge is 0.396 e. The van der Waals surface area contributed by atoms with Gasteiger partial charge in [0.2, 0.25) is 0 Å². The minimum absolute atomic E-state index is 0.0777. The number of amides is 1. The average molecular weight is 210 g/mol. The number of hydrogen-bond acceptors (Lipinski definition) is 4. The highest BCUT2D eigenvalue weighted by Crippen LogP contribution is 2.14. The van der Waals surface area contributed by atoms with Gasteiger partial charge in [0.25, 0.3) is 5.91 Å². The third-order valence-corrected chi connectivity index (χ3v) is 2.51. The molecule has 2 rings (SSSR count). The van der Waals surface area contributed by atoms with E-state index in [1.807, 2.05) is 6.92 Å². The molecule has 1 aliphatic rings. The Balaban J connectivity index is 2.17. The molecule has 1 fully saturated rings. The van der Waals surface area contributed by atoms with Gasteiger partial charge in [-0.15, -0.1) is 0 Å². The minimum Gasteiger partial charge on any atom is -0.396 e. The summed E-state index contributed by atoms with van der Waals surface area (Å²) in [5, 5.41) is 6.35. The van der Waals surface area contributed by atoms with Crippen molar-refractivity contribution in [3.05, 3.63) is 11.9 Å². The molecule has 1 aromatic rings. The number of ether oxygens (including phenoxy) is 1. The number of nitrogens with one attached hydrogen (secondary N) is 1. The minimum atomic E-state index is -0.110. The Kier molecular flexibility index (Phi) is 2.59. The number of hydrogen-bond donors (Lipinski definition) is 2. The van der Waals surface area contributed by atoms with Crippen molar-refractivity contribution in [1.82, 2.24) is 15.1 Å². The molecule has 2 heterocycles. The summed E-state index contributed by atoms with van der Waals surface area (Å²) in [5.74, 6) is -0.110. The third-order valence-electron chi connectivity index (χ3n) is 2.51. The first-order chi connectivity index (χ1) is 7.20. The van der Waals surface area contributed by atoms with Crippen LogP contribution in [0.3, 0.4) is 0 Å². The standard InChI is InChI=1S/C9H14N4O2/c1-6-5-15-3-2-13(6)9(14)8-7(10)4-11-12-8/h4,6H,2-3,5,10H2,1H3,(H,11,12)/t6-/m1/s1. The van der Waals surface area contributed by atoms with Crippen LogP contribution in [0.25, 0.3) is 0 Å². The first kappa shape index (κ1) is 9.97. The van der Waals surface area contributed by atoms with E-state index in [-0.39, 0.29) is 11.9 Å². The molecule has 0 bridgehead atoms. The van der Waals surface area contributed by atoms with Crippen LogP contribution in [-0.4, -0.2) is 46.8 Å². The van der Waals surface area contributed by atoms with E-state index in [0.29, 0.717) is 31.1 Å². The number of rotatable bonds is 1. The van der Waals surface area contributed by atoms with Gasteiger partial charge in [0.15, 0.2) is 0 Å². The van der Waals surface area contributed by atoms with E-state index in [1.54, 1.807) is 4.90 Å². The molecule has 3 N–H and O–H groups in total. The van der Waals surface area contributed by atoms with Crippen LogP contribution in [0.2, 0.25) is 0 Å². The van der Waals surface area contributed by atoms with Crippen LogP contribution in [0.5, 0.6) is 0 Å². The lowest BCUT2D eigenvalue weighted by molar-refractivity contribution is 0.00333. The van der Waals surface area contributed by atoms with Gasteiger partial charge in [-0.3, -0.25) is 9.89 Å². The van der Waals surface area contributed by atoms with Crippen molar-refractivity contribution < 1.29 is 9.53 Å². The van der Waals surface area contributed by atoms with E-state index in [4.69, 9.17) is 10.5 Å². The fourth-order valence-corrected chi connectivity index (χ4v) is 1.64. The van der Waals surface area contributed by atoms with Gasteiger partial charge in [0.05, 0.1) is 31.1 Å². The quantitative estimate of drug-likeness (QED) is 0.675. The van der Waals surface area contributed by atoms with Gasteiger partial charge in [-0.05, 0) is 6.92 Å². The molecule has 15 heavy (non-hydrogen) atoms. The van der Waals surface area contributed by atoms with Crippen molar-refractivity contribution in [1.29, 1.82) is 0 Å². The van der Waals surface area contributed by atoms with E-state index >= 15 is 0 Å². The van der Waals surface area contributed by atoms with Crippen molar-refractivity contribution in [2.45, 2.75) is 13.0 Å². The zero-order valence-corrected chi connectivity index (χ0v) is 8.56. The summed E-state index contributed by atoms with van der Waals surface area (Å²) in [4.78, 5) is 13.8. The van der Waals surface area contributed by atoms with Gasteiger partial charge in [-0.2, -0.15) is 5.10 Å². The smallest absolute Gasteiger partial charge is 0.274 e. The number of aromatic nitrogens is 2. The monoisotopic (exact) mass is 210 g/mol. The third kappa shape index (κ3) is 1.80. The molecule has 0 aliphatic carbocycles. The second-order valence-corrected chi connectivity index (χ2v) is 3.62. The number of nitrogen functional groups attached to an aromatic ring is 1. The lowest BCUT2D eigenvalue weighted by atomic mass is 10.2. The fourth-order valence-electron chi connectivity index (χ4n) is 1.64. The maximum absolute atomic E-state index is 12.0. The van der Waals surface area contributed by atoms with Gasteiger partial charge in [-0.1, -0.05) is 0 Å². The van der Waals surface area contributed by atoms with Crippen molar-refractivity contribution in [2.24, 2.45) is 0 Å². The van der Waals surface area contributed by atoms with Crippen LogP contribution >= 0.6 is 0 Å². The number of carbonyl (C=O) groups excluding carboxylic acids is 1. The molecule has 82 valence electrons. The highest BCUT2D eigenvalue weighted by Gasteiger charge is 2.26. The summed E-state index contributed by atoms with van der Waals surface area (Å²) in [6.45, 7) is 3.69. The van der Waals surface area contributed by atoms with Crippen molar-refractivity contribution in [3.8, 4) is 0 Å². The molecule has 0 aromatic carbocycles. The summed E-state index contributed by atoms with van der Waals surface area (Å²) in [5.41, 5.74) is 6.37. The molecule has 0 spiro atoms. The predicted octanol–water partition coefficient (Wildman–Crippen LogP) is -0.147. The topological polar surface area (TPSA) is 84.2 Å². The maximum Gasteiger partial charge on any atom is 0.274 e.